The van der Waals surface area contributed by atoms with E-state index in [1.165, 1.54) is 44.2 Å². The number of hydrogen-bond donors (Lipinski definition) is 2. The molecule has 2 rings (SSSR count). The summed E-state index contributed by atoms with van der Waals surface area (Å²) in [5, 5.41) is 12.5. The quantitative estimate of drug-likeness (QED) is 0.882. The van der Waals surface area contributed by atoms with Gasteiger partial charge in [0.05, 0.1) is 5.02 Å². The average Bonchev–Trinajstić information content (AvgIpc) is 2.48. The second-order valence-corrected chi connectivity index (χ2v) is 6.08. The molecule has 1 saturated carbocycles. The summed E-state index contributed by atoms with van der Waals surface area (Å²) in [5.41, 5.74) is 0.495. The summed E-state index contributed by atoms with van der Waals surface area (Å²) in [5.74, 6) is 1.35. The van der Waals surface area contributed by atoms with Gasteiger partial charge in [0.1, 0.15) is 5.75 Å². The van der Waals surface area contributed by atoms with Crippen LogP contribution in [0.3, 0.4) is 0 Å². The number of carbonyl (C=O) groups excluding carboxylic acids is 1. The second-order valence-electron chi connectivity index (χ2n) is 5.67. The Hall–Kier alpha value is -1.22. The first kappa shape index (κ1) is 15.2. The van der Waals surface area contributed by atoms with Gasteiger partial charge in [-0.1, -0.05) is 37.8 Å². The smallest absolute Gasteiger partial charge is 0.251 e. The van der Waals surface area contributed by atoms with E-state index >= 15 is 0 Å². The lowest BCUT2D eigenvalue weighted by atomic mass is 9.81. The van der Waals surface area contributed by atoms with Crippen LogP contribution in [0.4, 0.5) is 0 Å². The van der Waals surface area contributed by atoms with Crippen LogP contribution >= 0.6 is 11.6 Å². The van der Waals surface area contributed by atoms with Crippen molar-refractivity contribution in [1.82, 2.24) is 5.32 Å². The van der Waals surface area contributed by atoms with Crippen LogP contribution in [0.25, 0.3) is 0 Å². The van der Waals surface area contributed by atoms with E-state index in [2.05, 4.69) is 12.2 Å². The minimum atomic E-state index is -0.121. The number of phenols is 1. The predicted molar refractivity (Wildman–Crippen MR) is 81.2 cm³/mol. The third-order valence-corrected chi connectivity index (χ3v) is 4.61. The zero-order valence-corrected chi connectivity index (χ0v) is 12.6. The maximum absolute atomic E-state index is 12.0. The number of nitrogens with one attached hydrogen (secondary N) is 1. The first-order chi connectivity index (χ1) is 9.60. The molecule has 0 unspecified atom stereocenters. The van der Waals surface area contributed by atoms with E-state index in [9.17, 15) is 9.90 Å². The molecule has 0 spiro atoms. The molecule has 1 aliphatic rings. The van der Waals surface area contributed by atoms with Crippen LogP contribution in [0.5, 0.6) is 5.75 Å². The standard InChI is InChI=1S/C16H22ClNO2/c1-2-11-3-5-12(6-4-11)10-18-16(20)13-7-8-15(19)14(17)9-13/h7-9,11-12,19H,2-6,10H2,1H3,(H,18,20). The highest BCUT2D eigenvalue weighted by Crippen LogP contribution is 2.30. The maximum atomic E-state index is 12.0. The molecule has 0 saturated heterocycles. The Morgan fingerprint density at radius 1 is 1.30 bits per heavy atom. The number of halogens is 1. The Morgan fingerprint density at radius 2 is 1.95 bits per heavy atom. The van der Waals surface area contributed by atoms with Gasteiger partial charge in [-0.25, -0.2) is 0 Å². The van der Waals surface area contributed by atoms with E-state index in [1.807, 2.05) is 0 Å². The Labute approximate surface area is 125 Å². The summed E-state index contributed by atoms with van der Waals surface area (Å²) in [4.78, 5) is 12.0. The Balaban J connectivity index is 1.82. The van der Waals surface area contributed by atoms with Gasteiger partial charge in [0.2, 0.25) is 0 Å². The topological polar surface area (TPSA) is 49.3 Å². The van der Waals surface area contributed by atoms with Crippen molar-refractivity contribution in [3.8, 4) is 5.75 Å². The van der Waals surface area contributed by atoms with Crippen molar-refractivity contribution < 1.29 is 9.90 Å². The summed E-state index contributed by atoms with van der Waals surface area (Å²) >= 11 is 5.81. The number of carbonyl (C=O) groups is 1. The molecule has 110 valence electrons. The number of hydrogen-bond acceptors (Lipinski definition) is 2. The highest BCUT2D eigenvalue weighted by molar-refractivity contribution is 6.32. The lowest BCUT2D eigenvalue weighted by Gasteiger charge is -2.27. The van der Waals surface area contributed by atoms with Crippen LogP contribution in [0, 0.1) is 11.8 Å². The first-order valence-corrected chi connectivity index (χ1v) is 7.74. The van der Waals surface area contributed by atoms with Crippen LogP contribution in [-0.4, -0.2) is 17.6 Å². The summed E-state index contributed by atoms with van der Waals surface area (Å²) in [7, 11) is 0. The van der Waals surface area contributed by atoms with Gasteiger partial charge in [-0.3, -0.25) is 4.79 Å². The maximum Gasteiger partial charge on any atom is 0.251 e. The van der Waals surface area contributed by atoms with Gasteiger partial charge in [-0.2, -0.15) is 0 Å². The molecule has 0 heterocycles. The predicted octanol–water partition coefficient (Wildman–Crippen LogP) is 3.99. The molecular weight excluding hydrogens is 274 g/mol. The molecule has 1 aromatic carbocycles. The summed E-state index contributed by atoms with van der Waals surface area (Å²) in [6.45, 7) is 2.98. The number of amides is 1. The SMILES string of the molecule is CCC1CCC(CNC(=O)c2ccc(O)c(Cl)c2)CC1. The van der Waals surface area contributed by atoms with Crippen molar-refractivity contribution in [1.29, 1.82) is 0 Å². The third-order valence-electron chi connectivity index (χ3n) is 4.30. The van der Waals surface area contributed by atoms with E-state index in [4.69, 9.17) is 11.6 Å². The van der Waals surface area contributed by atoms with Crippen molar-refractivity contribution in [3.63, 3.8) is 0 Å². The fourth-order valence-corrected chi connectivity index (χ4v) is 3.01. The molecular formula is C16H22ClNO2. The molecule has 20 heavy (non-hydrogen) atoms. The van der Waals surface area contributed by atoms with E-state index < -0.39 is 0 Å². The van der Waals surface area contributed by atoms with Crippen molar-refractivity contribution in [2.45, 2.75) is 39.0 Å². The van der Waals surface area contributed by atoms with Crippen LogP contribution in [-0.2, 0) is 0 Å². The largest absolute Gasteiger partial charge is 0.506 e. The van der Waals surface area contributed by atoms with Gasteiger partial charge < -0.3 is 10.4 Å². The van der Waals surface area contributed by atoms with Gasteiger partial charge >= 0.3 is 0 Å². The Morgan fingerprint density at radius 3 is 2.55 bits per heavy atom. The van der Waals surface area contributed by atoms with Gasteiger partial charge in [0, 0.05) is 12.1 Å². The van der Waals surface area contributed by atoms with Crippen molar-refractivity contribution in [2.75, 3.05) is 6.54 Å². The zero-order valence-electron chi connectivity index (χ0n) is 11.9. The van der Waals surface area contributed by atoms with Gasteiger partial charge in [0.15, 0.2) is 0 Å². The minimum absolute atomic E-state index is 0.00102. The number of benzene rings is 1. The second kappa shape index (κ2) is 6.98. The number of rotatable bonds is 4. The zero-order chi connectivity index (χ0) is 14.5. The molecule has 0 aliphatic heterocycles. The highest BCUT2D eigenvalue weighted by atomic mass is 35.5. The highest BCUT2D eigenvalue weighted by Gasteiger charge is 2.20. The van der Waals surface area contributed by atoms with Gasteiger partial charge in [-0.15, -0.1) is 0 Å². The number of aromatic hydroxyl groups is 1. The summed E-state index contributed by atoms with van der Waals surface area (Å²) < 4.78 is 0. The molecule has 0 aromatic heterocycles. The van der Waals surface area contributed by atoms with Gasteiger partial charge in [0.25, 0.3) is 5.91 Å². The Kier molecular flexibility index (Phi) is 5.30. The summed E-state index contributed by atoms with van der Waals surface area (Å²) in [6.07, 6.45) is 6.24. The fraction of sp³-hybridized carbons (Fsp3) is 0.562. The molecule has 1 aliphatic carbocycles. The van der Waals surface area contributed by atoms with E-state index in [0.717, 1.165) is 12.5 Å². The first-order valence-electron chi connectivity index (χ1n) is 7.36. The van der Waals surface area contributed by atoms with E-state index in [1.54, 1.807) is 6.07 Å². The van der Waals surface area contributed by atoms with Crippen LogP contribution in [0.15, 0.2) is 18.2 Å². The third kappa shape index (κ3) is 3.89. The monoisotopic (exact) mass is 295 g/mol. The summed E-state index contributed by atoms with van der Waals surface area (Å²) in [6, 6.07) is 4.54. The normalized spacial score (nSPS) is 22.5. The van der Waals surface area contributed by atoms with Crippen LogP contribution in [0.1, 0.15) is 49.4 Å². The van der Waals surface area contributed by atoms with Crippen LogP contribution in [0.2, 0.25) is 5.02 Å². The molecule has 0 atom stereocenters. The van der Waals surface area contributed by atoms with Crippen molar-refractivity contribution >= 4 is 17.5 Å². The lowest BCUT2D eigenvalue weighted by Crippen LogP contribution is -2.31. The average molecular weight is 296 g/mol. The molecule has 2 N–H and O–H groups in total. The van der Waals surface area contributed by atoms with E-state index in [-0.39, 0.29) is 16.7 Å². The molecule has 1 fully saturated rings. The Bertz CT molecular complexity index is 468. The van der Waals surface area contributed by atoms with Crippen molar-refractivity contribution in [2.24, 2.45) is 11.8 Å². The molecule has 1 amide bonds. The van der Waals surface area contributed by atoms with Crippen molar-refractivity contribution in [3.05, 3.63) is 28.8 Å². The molecule has 3 nitrogen and oxygen atoms in total. The van der Waals surface area contributed by atoms with E-state index in [0.29, 0.717) is 11.5 Å². The molecule has 0 bridgehead atoms. The molecule has 1 aromatic rings. The molecule has 0 radical (unpaired) electrons. The molecule has 4 heteroatoms. The number of phenolic OH excluding ortho intramolecular Hbond substituents is 1. The van der Waals surface area contributed by atoms with Gasteiger partial charge in [-0.05, 0) is 42.9 Å². The fourth-order valence-electron chi connectivity index (χ4n) is 2.83. The lowest BCUT2D eigenvalue weighted by molar-refractivity contribution is 0.0941. The van der Waals surface area contributed by atoms with Crippen LogP contribution < -0.4 is 5.32 Å². The minimum Gasteiger partial charge on any atom is -0.506 e.